The Bertz CT molecular complexity index is 1240. The number of para-hydroxylation sites is 2. The third kappa shape index (κ3) is 3.29. The van der Waals surface area contributed by atoms with Gasteiger partial charge in [-0.15, -0.1) is 0 Å². The van der Waals surface area contributed by atoms with E-state index in [1.54, 1.807) is 37.6 Å². The molecule has 1 aliphatic heterocycles. The molecule has 1 aliphatic rings. The van der Waals surface area contributed by atoms with Gasteiger partial charge in [-0.3, -0.25) is 9.69 Å². The van der Waals surface area contributed by atoms with Gasteiger partial charge in [0.15, 0.2) is 11.5 Å². The summed E-state index contributed by atoms with van der Waals surface area (Å²) in [5.74, 6) is 2.62. The number of hydrogen-bond donors (Lipinski definition) is 0. The minimum atomic E-state index is -0.256. The standard InChI is InChI=1S/C23H19NO6/c1-26-19-6-2-3-7-20(19)30-21-13-28-23-16(22(21)25)8-9-18-17(23)12-24(14-29-18)11-15-5-4-10-27-15/h2-10,13H,11-12,14H2,1H3. The van der Waals surface area contributed by atoms with Crippen molar-refractivity contribution >= 4 is 11.0 Å². The van der Waals surface area contributed by atoms with E-state index < -0.39 is 0 Å². The first-order chi connectivity index (χ1) is 14.7. The van der Waals surface area contributed by atoms with Gasteiger partial charge in [0, 0.05) is 6.54 Å². The van der Waals surface area contributed by atoms with Gasteiger partial charge < -0.3 is 23.0 Å². The Morgan fingerprint density at radius 2 is 1.87 bits per heavy atom. The summed E-state index contributed by atoms with van der Waals surface area (Å²) in [6.07, 6.45) is 2.98. The number of rotatable bonds is 5. The molecule has 3 heterocycles. The zero-order chi connectivity index (χ0) is 20.5. The predicted molar refractivity (Wildman–Crippen MR) is 109 cm³/mol. The van der Waals surface area contributed by atoms with Crippen molar-refractivity contribution in [1.82, 2.24) is 4.90 Å². The summed E-state index contributed by atoms with van der Waals surface area (Å²) in [6.45, 7) is 1.60. The molecule has 5 rings (SSSR count). The molecule has 0 amide bonds. The number of hydrogen-bond acceptors (Lipinski definition) is 7. The molecule has 7 nitrogen and oxygen atoms in total. The van der Waals surface area contributed by atoms with Crippen molar-refractivity contribution in [2.24, 2.45) is 0 Å². The number of fused-ring (bicyclic) bond motifs is 3. The Hall–Kier alpha value is -3.71. The normalized spacial score (nSPS) is 13.6. The first kappa shape index (κ1) is 18.3. The minimum absolute atomic E-state index is 0.0936. The molecule has 0 bridgehead atoms. The number of ether oxygens (including phenoxy) is 3. The summed E-state index contributed by atoms with van der Waals surface area (Å²) in [4.78, 5) is 15.1. The van der Waals surface area contributed by atoms with Crippen LogP contribution in [0.2, 0.25) is 0 Å². The first-order valence-corrected chi connectivity index (χ1v) is 9.49. The van der Waals surface area contributed by atoms with Crippen molar-refractivity contribution in [1.29, 1.82) is 0 Å². The van der Waals surface area contributed by atoms with Crippen LogP contribution in [0.3, 0.4) is 0 Å². The molecule has 0 spiro atoms. The molecule has 0 saturated carbocycles. The largest absolute Gasteiger partial charge is 0.493 e. The smallest absolute Gasteiger partial charge is 0.235 e. The average molecular weight is 405 g/mol. The molecular formula is C23H19NO6. The summed E-state index contributed by atoms with van der Waals surface area (Å²) in [5, 5.41) is 0.435. The van der Waals surface area contributed by atoms with Crippen LogP contribution < -0.4 is 19.6 Å². The minimum Gasteiger partial charge on any atom is -0.493 e. The van der Waals surface area contributed by atoms with Crippen LogP contribution in [0.1, 0.15) is 11.3 Å². The van der Waals surface area contributed by atoms with Crippen LogP contribution in [0.25, 0.3) is 11.0 Å². The van der Waals surface area contributed by atoms with Crippen LogP contribution in [0.15, 0.2) is 74.7 Å². The molecule has 2 aromatic carbocycles. The Kier molecular flexibility index (Phi) is 4.65. The second-order valence-electron chi connectivity index (χ2n) is 6.94. The summed E-state index contributed by atoms with van der Waals surface area (Å²) < 4.78 is 28.2. The highest BCUT2D eigenvalue weighted by Crippen LogP contribution is 2.34. The third-order valence-electron chi connectivity index (χ3n) is 5.00. The Morgan fingerprint density at radius 3 is 2.67 bits per heavy atom. The Balaban J connectivity index is 1.49. The lowest BCUT2D eigenvalue weighted by atomic mass is 10.1. The molecule has 0 unspecified atom stereocenters. The lowest BCUT2D eigenvalue weighted by Gasteiger charge is -2.28. The third-order valence-corrected chi connectivity index (χ3v) is 5.00. The Labute approximate surface area is 172 Å². The van der Waals surface area contributed by atoms with Crippen LogP contribution >= 0.6 is 0 Å². The monoisotopic (exact) mass is 405 g/mol. The molecule has 2 aromatic heterocycles. The maximum Gasteiger partial charge on any atom is 0.235 e. The molecule has 0 saturated heterocycles. The number of benzene rings is 2. The zero-order valence-electron chi connectivity index (χ0n) is 16.3. The second-order valence-corrected chi connectivity index (χ2v) is 6.94. The highest BCUT2D eigenvalue weighted by Gasteiger charge is 2.23. The molecular weight excluding hydrogens is 386 g/mol. The molecule has 7 heteroatoms. The average Bonchev–Trinajstić information content (AvgIpc) is 3.29. The lowest BCUT2D eigenvalue weighted by Crippen LogP contribution is -2.31. The summed E-state index contributed by atoms with van der Waals surface area (Å²) in [6, 6.07) is 14.4. The van der Waals surface area contributed by atoms with Gasteiger partial charge in [-0.05, 0) is 36.4 Å². The van der Waals surface area contributed by atoms with Gasteiger partial charge in [0.05, 0.1) is 30.9 Å². The SMILES string of the molecule is COc1ccccc1Oc1coc2c3c(ccc2c1=O)OCN(Cc1ccco1)C3. The van der Waals surface area contributed by atoms with E-state index in [0.717, 1.165) is 11.3 Å². The van der Waals surface area contributed by atoms with E-state index in [2.05, 4.69) is 4.90 Å². The number of methoxy groups -OCH3 is 1. The van der Waals surface area contributed by atoms with Crippen molar-refractivity contribution < 1.29 is 23.0 Å². The van der Waals surface area contributed by atoms with E-state index in [0.29, 0.717) is 48.0 Å². The van der Waals surface area contributed by atoms with Crippen molar-refractivity contribution in [3.63, 3.8) is 0 Å². The first-order valence-electron chi connectivity index (χ1n) is 9.49. The fourth-order valence-corrected chi connectivity index (χ4v) is 3.55. The lowest BCUT2D eigenvalue weighted by molar-refractivity contribution is 0.0826. The van der Waals surface area contributed by atoms with Gasteiger partial charge in [-0.25, -0.2) is 0 Å². The van der Waals surface area contributed by atoms with Crippen molar-refractivity contribution in [3.8, 4) is 23.0 Å². The van der Waals surface area contributed by atoms with Gasteiger partial charge in [-0.1, -0.05) is 12.1 Å². The highest BCUT2D eigenvalue weighted by atomic mass is 16.5. The van der Waals surface area contributed by atoms with Crippen LogP contribution in [0.5, 0.6) is 23.0 Å². The second kappa shape index (κ2) is 7.61. The van der Waals surface area contributed by atoms with Crippen LogP contribution in [-0.4, -0.2) is 18.7 Å². The van der Waals surface area contributed by atoms with E-state index in [1.807, 2.05) is 24.3 Å². The number of furan rings is 1. The van der Waals surface area contributed by atoms with Crippen molar-refractivity contribution in [2.75, 3.05) is 13.8 Å². The van der Waals surface area contributed by atoms with E-state index in [9.17, 15) is 4.79 Å². The van der Waals surface area contributed by atoms with Crippen LogP contribution in [0.4, 0.5) is 0 Å². The quantitative estimate of drug-likeness (QED) is 0.483. The van der Waals surface area contributed by atoms with Gasteiger partial charge in [0.1, 0.15) is 30.1 Å². The zero-order valence-corrected chi connectivity index (χ0v) is 16.3. The summed E-state index contributed by atoms with van der Waals surface area (Å²) in [7, 11) is 1.55. The maximum atomic E-state index is 13.1. The maximum absolute atomic E-state index is 13.1. The molecule has 0 aliphatic carbocycles. The fraction of sp³-hybridized carbons (Fsp3) is 0.174. The van der Waals surface area contributed by atoms with E-state index >= 15 is 0 Å². The predicted octanol–water partition coefficient (Wildman–Crippen LogP) is 4.54. The fourth-order valence-electron chi connectivity index (χ4n) is 3.55. The van der Waals surface area contributed by atoms with Gasteiger partial charge in [0.2, 0.25) is 11.2 Å². The summed E-state index contributed by atoms with van der Waals surface area (Å²) >= 11 is 0. The van der Waals surface area contributed by atoms with E-state index in [1.165, 1.54) is 6.26 Å². The summed E-state index contributed by atoms with van der Waals surface area (Å²) in [5.41, 5.74) is 1.06. The molecule has 30 heavy (non-hydrogen) atoms. The Morgan fingerprint density at radius 1 is 1.00 bits per heavy atom. The van der Waals surface area contributed by atoms with Gasteiger partial charge >= 0.3 is 0 Å². The van der Waals surface area contributed by atoms with Gasteiger partial charge in [0.25, 0.3) is 0 Å². The number of nitrogens with zero attached hydrogens (tertiary/aromatic N) is 1. The van der Waals surface area contributed by atoms with Crippen LogP contribution in [0, 0.1) is 0 Å². The van der Waals surface area contributed by atoms with Crippen molar-refractivity contribution in [2.45, 2.75) is 13.1 Å². The van der Waals surface area contributed by atoms with E-state index in [4.69, 9.17) is 23.0 Å². The van der Waals surface area contributed by atoms with Crippen LogP contribution in [-0.2, 0) is 13.1 Å². The molecule has 152 valence electrons. The molecule has 0 radical (unpaired) electrons. The molecule has 0 atom stereocenters. The molecule has 0 fully saturated rings. The molecule has 4 aromatic rings. The van der Waals surface area contributed by atoms with E-state index in [-0.39, 0.29) is 11.2 Å². The molecule has 0 N–H and O–H groups in total. The van der Waals surface area contributed by atoms with Gasteiger partial charge in [-0.2, -0.15) is 0 Å². The van der Waals surface area contributed by atoms with Crippen molar-refractivity contribution in [3.05, 3.63) is 82.6 Å². The topological polar surface area (TPSA) is 74.3 Å². The highest BCUT2D eigenvalue weighted by molar-refractivity contribution is 5.83.